The Hall–Kier alpha value is -1.27. The number of amides is 1. The molecule has 1 rings (SSSR count). The topological polar surface area (TPSA) is 76.8 Å². The van der Waals surface area contributed by atoms with E-state index in [1.54, 1.807) is 0 Å². The van der Waals surface area contributed by atoms with E-state index in [1.165, 1.54) is 0 Å². The van der Waals surface area contributed by atoms with E-state index in [0.717, 1.165) is 25.4 Å². The summed E-state index contributed by atoms with van der Waals surface area (Å²) in [6.45, 7) is 11.0. The molecule has 0 aliphatic carbocycles. The van der Waals surface area contributed by atoms with Gasteiger partial charge in [0.25, 0.3) is 0 Å². The van der Waals surface area contributed by atoms with Crippen LogP contribution in [-0.2, 0) is 9.47 Å². The van der Waals surface area contributed by atoms with E-state index in [4.69, 9.17) is 15.2 Å². The van der Waals surface area contributed by atoms with Crippen molar-refractivity contribution in [2.75, 3.05) is 32.8 Å². The fraction of sp³-hybridized carbons (Fsp3) is 0.786. The van der Waals surface area contributed by atoms with E-state index in [-0.39, 0.29) is 6.04 Å². The van der Waals surface area contributed by atoms with Gasteiger partial charge in [-0.25, -0.2) is 4.79 Å². The van der Waals surface area contributed by atoms with Gasteiger partial charge in [-0.15, -0.1) is 0 Å². The normalized spacial score (nSPS) is 20.2. The number of nitrogens with one attached hydrogen (secondary N) is 1. The summed E-state index contributed by atoms with van der Waals surface area (Å²) in [4.78, 5) is 13.7. The SMILES string of the molecule is CCN1CC=C(OCCNC(=O)OC(C)(C)C)C(N)C1. The average molecular weight is 285 g/mol. The summed E-state index contributed by atoms with van der Waals surface area (Å²) in [6, 6.07) is -0.0924. The van der Waals surface area contributed by atoms with E-state index in [9.17, 15) is 4.79 Å². The molecule has 1 atom stereocenters. The summed E-state index contributed by atoms with van der Waals surface area (Å²) in [5, 5.41) is 2.65. The third-order valence-electron chi connectivity index (χ3n) is 2.86. The predicted molar refractivity (Wildman–Crippen MR) is 78.4 cm³/mol. The second-order valence-electron chi connectivity index (χ2n) is 5.84. The molecule has 0 radical (unpaired) electrons. The van der Waals surface area contributed by atoms with Crippen molar-refractivity contribution in [3.8, 4) is 0 Å². The zero-order valence-corrected chi connectivity index (χ0v) is 12.9. The van der Waals surface area contributed by atoms with Gasteiger partial charge in [0.2, 0.25) is 0 Å². The van der Waals surface area contributed by atoms with Crippen molar-refractivity contribution in [3.63, 3.8) is 0 Å². The van der Waals surface area contributed by atoms with Gasteiger partial charge in [0, 0.05) is 13.1 Å². The molecule has 20 heavy (non-hydrogen) atoms. The van der Waals surface area contributed by atoms with Crippen LogP contribution in [-0.4, -0.2) is 55.4 Å². The van der Waals surface area contributed by atoms with Gasteiger partial charge in [0.05, 0.1) is 12.6 Å². The molecule has 6 nitrogen and oxygen atoms in total. The molecular formula is C14H27N3O3. The van der Waals surface area contributed by atoms with Gasteiger partial charge in [-0.1, -0.05) is 6.92 Å². The lowest BCUT2D eigenvalue weighted by atomic mass is 10.1. The Morgan fingerprint density at radius 2 is 2.25 bits per heavy atom. The van der Waals surface area contributed by atoms with Crippen molar-refractivity contribution in [1.82, 2.24) is 10.2 Å². The molecule has 0 saturated heterocycles. The third-order valence-corrected chi connectivity index (χ3v) is 2.86. The number of hydrogen-bond acceptors (Lipinski definition) is 5. The number of nitrogens with zero attached hydrogens (tertiary/aromatic N) is 1. The Morgan fingerprint density at radius 1 is 1.55 bits per heavy atom. The van der Waals surface area contributed by atoms with E-state index >= 15 is 0 Å². The molecule has 0 saturated carbocycles. The lowest BCUT2D eigenvalue weighted by molar-refractivity contribution is 0.0510. The average Bonchev–Trinajstić information content (AvgIpc) is 2.33. The fourth-order valence-electron chi connectivity index (χ4n) is 1.87. The molecule has 6 heteroatoms. The van der Waals surface area contributed by atoms with Crippen LogP contribution in [0.4, 0.5) is 4.79 Å². The summed E-state index contributed by atoms with van der Waals surface area (Å²) in [6.07, 6.45) is 1.57. The largest absolute Gasteiger partial charge is 0.495 e. The van der Waals surface area contributed by atoms with Crippen molar-refractivity contribution >= 4 is 6.09 Å². The minimum atomic E-state index is -0.483. The van der Waals surface area contributed by atoms with Gasteiger partial charge in [-0.2, -0.15) is 0 Å². The van der Waals surface area contributed by atoms with Crippen LogP contribution in [0.25, 0.3) is 0 Å². The Kier molecular flexibility index (Phi) is 6.29. The van der Waals surface area contributed by atoms with Crippen molar-refractivity contribution in [2.45, 2.75) is 39.3 Å². The number of hydrogen-bond donors (Lipinski definition) is 2. The standard InChI is InChI=1S/C14H27N3O3/c1-5-17-8-6-12(11(15)10-17)19-9-7-16-13(18)20-14(2,3)4/h6,11H,5,7-10,15H2,1-4H3,(H,16,18). The first kappa shape index (κ1) is 16.8. The van der Waals surface area contributed by atoms with Gasteiger partial charge in [-0.3, -0.25) is 4.90 Å². The number of rotatable bonds is 5. The van der Waals surface area contributed by atoms with Crippen LogP contribution in [0.2, 0.25) is 0 Å². The summed E-state index contributed by atoms with van der Waals surface area (Å²) in [5.74, 6) is 0.806. The van der Waals surface area contributed by atoms with E-state index in [0.29, 0.717) is 13.2 Å². The van der Waals surface area contributed by atoms with Crippen LogP contribution in [0, 0.1) is 0 Å². The van der Waals surface area contributed by atoms with Crippen molar-refractivity contribution in [3.05, 3.63) is 11.8 Å². The molecule has 1 aliphatic rings. The predicted octanol–water partition coefficient (Wildman–Crippen LogP) is 1.07. The Balaban J connectivity index is 2.21. The Bertz CT molecular complexity index is 350. The first-order chi connectivity index (χ1) is 9.31. The summed E-state index contributed by atoms with van der Waals surface area (Å²) in [5.41, 5.74) is 5.54. The van der Waals surface area contributed by atoms with Crippen LogP contribution in [0.5, 0.6) is 0 Å². The minimum Gasteiger partial charge on any atom is -0.495 e. The molecule has 1 heterocycles. The van der Waals surface area contributed by atoms with E-state index in [2.05, 4.69) is 17.1 Å². The van der Waals surface area contributed by atoms with Crippen LogP contribution in [0.3, 0.4) is 0 Å². The zero-order valence-electron chi connectivity index (χ0n) is 12.9. The van der Waals surface area contributed by atoms with Gasteiger partial charge >= 0.3 is 6.09 Å². The van der Waals surface area contributed by atoms with Crippen LogP contribution in [0.15, 0.2) is 11.8 Å². The number of alkyl carbamates (subject to hydrolysis) is 1. The first-order valence-corrected chi connectivity index (χ1v) is 7.09. The van der Waals surface area contributed by atoms with E-state index < -0.39 is 11.7 Å². The summed E-state index contributed by atoms with van der Waals surface area (Å²) < 4.78 is 10.7. The molecule has 0 aromatic carbocycles. The van der Waals surface area contributed by atoms with E-state index in [1.807, 2.05) is 26.8 Å². The molecule has 0 aromatic rings. The Morgan fingerprint density at radius 3 is 2.80 bits per heavy atom. The number of likely N-dealkylation sites (N-methyl/N-ethyl adjacent to an activating group) is 1. The molecule has 1 unspecified atom stereocenters. The molecule has 1 amide bonds. The smallest absolute Gasteiger partial charge is 0.407 e. The molecule has 0 bridgehead atoms. The van der Waals surface area contributed by atoms with Gasteiger partial charge in [0.15, 0.2) is 0 Å². The van der Waals surface area contributed by atoms with Crippen molar-refractivity contribution in [1.29, 1.82) is 0 Å². The lowest BCUT2D eigenvalue weighted by Gasteiger charge is -2.29. The zero-order chi connectivity index (χ0) is 15.2. The van der Waals surface area contributed by atoms with Crippen LogP contribution < -0.4 is 11.1 Å². The van der Waals surface area contributed by atoms with Crippen molar-refractivity contribution in [2.24, 2.45) is 5.73 Å². The highest BCUT2D eigenvalue weighted by atomic mass is 16.6. The fourth-order valence-corrected chi connectivity index (χ4v) is 1.87. The molecule has 3 N–H and O–H groups in total. The summed E-state index contributed by atoms with van der Waals surface area (Å²) in [7, 11) is 0. The molecule has 1 aliphatic heterocycles. The molecule has 0 aromatic heterocycles. The molecule has 116 valence electrons. The monoisotopic (exact) mass is 285 g/mol. The maximum atomic E-state index is 11.4. The van der Waals surface area contributed by atoms with Crippen LogP contribution in [0.1, 0.15) is 27.7 Å². The number of nitrogens with two attached hydrogens (primary N) is 1. The van der Waals surface area contributed by atoms with Crippen molar-refractivity contribution < 1.29 is 14.3 Å². The maximum Gasteiger partial charge on any atom is 0.407 e. The highest BCUT2D eigenvalue weighted by molar-refractivity contribution is 5.67. The highest BCUT2D eigenvalue weighted by Gasteiger charge is 2.19. The number of carbonyl (C=O) groups excluding carboxylic acids is 1. The molecule has 0 fully saturated rings. The summed E-state index contributed by atoms with van der Waals surface area (Å²) >= 11 is 0. The van der Waals surface area contributed by atoms with Gasteiger partial charge in [-0.05, 0) is 33.4 Å². The number of ether oxygens (including phenoxy) is 2. The second kappa shape index (κ2) is 7.50. The second-order valence-corrected chi connectivity index (χ2v) is 5.84. The van der Waals surface area contributed by atoms with Gasteiger partial charge in [0.1, 0.15) is 18.0 Å². The first-order valence-electron chi connectivity index (χ1n) is 7.09. The lowest BCUT2D eigenvalue weighted by Crippen LogP contribution is -2.43. The maximum absolute atomic E-state index is 11.4. The molecular weight excluding hydrogens is 258 g/mol. The van der Waals surface area contributed by atoms with Gasteiger partial charge < -0.3 is 20.5 Å². The highest BCUT2D eigenvalue weighted by Crippen LogP contribution is 2.10. The quantitative estimate of drug-likeness (QED) is 0.739. The number of carbonyl (C=O) groups is 1. The third kappa shape index (κ3) is 6.25. The minimum absolute atomic E-state index is 0.0924. The Labute approximate surface area is 121 Å². The molecule has 0 spiro atoms. The van der Waals surface area contributed by atoms with Crippen LogP contribution >= 0.6 is 0 Å².